The Hall–Kier alpha value is -0.260. The van der Waals surface area contributed by atoms with Crippen LogP contribution in [-0.2, 0) is 4.74 Å². The molecule has 0 radical (unpaired) electrons. The molecule has 2 aliphatic rings. The number of ether oxygens (including phenoxy) is 1. The molecule has 14 heavy (non-hydrogen) atoms. The average molecular weight is 216 g/mol. The van der Waals surface area contributed by atoms with Gasteiger partial charge in [-0.25, -0.2) is 0 Å². The fourth-order valence-electron chi connectivity index (χ4n) is 1.91. The van der Waals surface area contributed by atoms with Crippen LogP contribution >= 0.6 is 11.8 Å². The lowest BCUT2D eigenvalue weighted by Gasteiger charge is -2.34. The van der Waals surface area contributed by atoms with Crippen LogP contribution in [0.15, 0.2) is 4.99 Å². The summed E-state index contributed by atoms with van der Waals surface area (Å²) >= 11 is 1.62. The summed E-state index contributed by atoms with van der Waals surface area (Å²) in [5, 5.41) is 13.9. The molecule has 4 nitrogen and oxygen atoms in total. The van der Waals surface area contributed by atoms with E-state index >= 15 is 0 Å². The van der Waals surface area contributed by atoms with Crippen LogP contribution < -0.4 is 5.32 Å². The molecule has 2 aliphatic heterocycles. The maximum atomic E-state index is 9.76. The van der Waals surface area contributed by atoms with Gasteiger partial charge in [0.1, 0.15) is 5.44 Å². The van der Waals surface area contributed by atoms with Gasteiger partial charge in [-0.15, -0.1) is 0 Å². The van der Waals surface area contributed by atoms with Gasteiger partial charge in [0.2, 0.25) is 0 Å². The highest BCUT2D eigenvalue weighted by molar-refractivity contribution is 8.14. The number of aliphatic hydroxyl groups excluding tert-OH is 1. The Kier molecular flexibility index (Phi) is 2.99. The van der Waals surface area contributed by atoms with E-state index in [9.17, 15) is 5.11 Å². The maximum absolute atomic E-state index is 9.76. The molecule has 0 aromatic heterocycles. The van der Waals surface area contributed by atoms with E-state index in [0.29, 0.717) is 0 Å². The van der Waals surface area contributed by atoms with E-state index in [-0.39, 0.29) is 23.7 Å². The molecule has 0 aliphatic carbocycles. The zero-order valence-corrected chi connectivity index (χ0v) is 9.25. The second-order valence-corrected chi connectivity index (χ2v) is 4.74. The van der Waals surface area contributed by atoms with Gasteiger partial charge in [0.25, 0.3) is 0 Å². The topological polar surface area (TPSA) is 53.8 Å². The number of nitrogens with one attached hydrogen (secondary N) is 1. The number of hydrogen-bond acceptors (Lipinski definition) is 4. The number of nitrogens with zero attached hydrogens (tertiary/aromatic N) is 1. The summed E-state index contributed by atoms with van der Waals surface area (Å²) in [4.78, 5) is 4.09. The minimum atomic E-state index is -0.342. The average Bonchev–Trinajstić information content (AvgIpc) is 2.58. The largest absolute Gasteiger partial charge is 0.390 e. The molecule has 0 amide bonds. The molecule has 2 N–H and O–H groups in total. The van der Waals surface area contributed by atoms with Crippen molar-refractivity contribution in [3.8, 4) is 0 Å². The zero-order valence-electron chi connectivity index (χ0n) is 8.43. The van der Waals surface area contributed by atoms with Gasteiger partial charge in [-0.3, -0.25) is 4.99 Å². The van der Waals surface area contributed by atoms with E-state index in [1.54, 1.807) is 18.8 Å². The van der Waals surface area contributed by atoms with Crippen molar-refractivity contribution in [3.63, 3.8) is 0 Å². The van der Waals surface area contributed by atoms with E-state index in [1.165, 1.54) is 0 Å². The van der Waals surface area contributed by atoms with Crippen molar-refractivity contribution in [2.75, 3.05) is 7.05 Å². The predicted molar refractivity (Wildman–Crippen MR) is 57.4 cm³/mol. The molecule has 2 rings (SSSR count). The smallest absolute Gasteiger partial charge is 0.159 e. The van der Waals surface area contributed by atoms with Gasteiger partial charge < -0.3 is 15.2 Å². The molecule has 0 bridgehead atoms. The molecular formula is C9H16N2O2S. The molecule has 0 saturated carbocycles. The zero-order chi connectivity index (χ0) is 10.1. The van der Waals surface area contributed by atoms with Crippen molar-refractivity contribution in [3.05, 3.63) is 0 Å². The van der Waals surface area contributed by atoms with Crippen molar-refractivity contribution >= 4 is 16.9 Å². The second-order valence-electron chi connectivity index (χ2n) is 3.65. The highest BCUT2D eigenvalue weighted by Gasteiger charge is 2.41. The Balaban J connectivity index is 2.03. The highest BCUT2D eigenvalue weighted by atomic mass is 32.2. The molecule has 2 heterocycles. The van der Waals surface area contributed by atoms with Crippen LogP contribution in [0.3, 0.4) is 0 Å². The quantitative estimate of drug-likeness (QED) is 0.672. The molecule has 80 valence electrons. The molecule has 4 unspecified atom stereocenters. The summed E-state index contributed by atoms with van der Waals surface area (Å²) in [6.07, 6.45) is 1.27. The Morgan fingerprint density at radius 2 is 2.50 bits per heavy atom. The summed E-state index contributed by atoms with van der Waals surface area (Å²) in [5.41, 5.74) is 0.127. The molecule has 2 saturated heterocycles. The lowest BCUT2D eigenvalue weighted by atomic mass is 10.0. The first kappa shape index (κ1) is 10.3. The van der Waals surface area contributed by atoms with E-state index < -0.39 is 0 Å². The number of aliphatic hydroxyl groups is 1. The van der Waals surface area contributed by atoms with Crippen LogP contribution in [0.25, 0.3) is 0 Å². The minimum Gasteiger partial charge on any atom is -0.390 e. The Labute approximate surface area is 88.1 Å². The van der Waals surface area contributed by atoms with E-state index in [4.69, 9.17) is 4.74 Å². The molecule has 0 spiro atoms. The first-order chi connectivity index (χ1) is 6.74. The lowest BCUT2D eigenvalue weighted by Crippen LogP contribution is -2.47. The normalized spacial score (nSPS) is 44.9. The van der Waals surface area contributed by atoms with Crippen molar-refractivity contribution in [2.24, 2.45) is 4.99 Å². The molecular weight excluding hydrogens is 200 g/mol. The van der Waals surface area contributed by atoms with Crippen LogP contribution in [0.2, 0.25) is 0 Å². The summed E-state index contributed by atoms with van der Waals surface area (Å²) in [5.74, 6) is 0. The summed E-state index contributed by atoms with van der Waals surface area (Å²) < 4.78 is 5.77. The summed E-state index contributed by atoms with van der Waals surface area (Å²) in [6, 6.07) is 0.219. The van der Waals surface area contributed by atoms with Crippen molar-refractivity contribution in [1.29, 1.82) is 0 Å². The predicted octanol–water partition coefficient (Wildman–Crippen LogP) is 0.563. The third-order valence-corrected chi connectivity index (χ3v) is 3.90. The van der Waals surface area contributed by atoms with Crippen molar-refractivity contribution < 1.29 is 9.84 Å². The van der Waals surface area contributed by atoms with Gasteiger partial charge in [-0.05, 0) is 12.8 Å². The van der Waals surface area contributed by atoms with Crippen LogP contribution in [0.4, 0.5) is 0 Å². The van der Waals surface area contributed by atoms with Gasteiger partial charge in [-0.2, -0.15) is 0 Å². The number of aliphatic imine (C=N–C) groups is 1. The standard InChI is InChI=1S/C9H16N2O2S/c1-3-7-6(12)4-5-8(13-7)14-9(10-2)11-5/h5-8,12H,3-4H2,1-2H3,(H,10,11). The van der Waals surface area contributed by atoms with Crippen molar-refractivity contribution in [1.82, 2.24) is 5.32 Å². The number of hydrogen-bond donors (Lipinski definition) is 2. The fraction of sp³-hybridized carbons (Fsp3) is 0.889. The molecule has 0 aromatic carbocycles. The minimum absolute atomic E-state index is 0.0123. The Morgan fingerprint density at radius 1 is 1.71 bits per heavy atom. The summed E-state index contributed by atoms with van der Waals surface area (Å²) in [7, 11) is 1.76. The van der Waals surface area contributed by atoms with E-state index in [2.05, 4.69) is 10.3 Å². The lowest BCUT2D eigenvalue weighted by molar-refractivity contribution is -0.0964. The molecule has 0 aromatic rings. The van der Waals surface area contributed by atoms with Gasteiger partial charge in [0, 0.05) is 7.05 Å². The number of thioether (sulfide) groups is 1. The Morgan fingerprint density at radius 3 is 3.14 bits per heavy atom. The van der Waals surface area contributed by atoms with E-state index in [0.717, 1.165) is 18.0 Å². The number of amidine groups is 1. The molecule has 2 fully saturated rings. The second kappa shape index (κ2) is 4.08. The third-order valence-electron chi connectivity index (χ3n) is 2.70. The molecule has 5 heteroatoms. The third kappa shape index (κ3) is 1.76. The van der Waals surface area contributed by atoms with Crippen molar-refractivity contribution in [2.45, 2.75) is 43.5 Å². The SMILES string of the molecule is CCC1OC2SC(=NC)NC2CC1O. The highest BCUT2D eigenvalue weighted by Crippen LogP contribution is 2.34. The maximum Gasteiger partial charge on any atom is 0.159 e. The van der Waals surface area contributed by atoms with Gasteiger partial charge in [0.15, 0.2) is 5.17 Å². The first-order valence-electron chi connectivity index (χ1n) is 4.98. The van der Waals surface area contributed by atoms with Gasteiger partial charge in [-0.1, -0.05) is 18.7 Å². The molecule has 4 atom stereocenters. The fourth-order valence-corrected chi connectivity index (χ4v) is 2.99. The first-order valence-corrected chi connectivity index (χ1v) is 5.86. The van der Waals surface area contributed by atoms with Gasteiger partial charge in [0.05, 0.1) is 18.2 Å². The van der Waals surface area contributed by atoms with Crippen LogP contribution in [0.5, 0.6) is 0 Å². The number of rotatable bonds is 1. The van der Waals surface area contributed by atoms with E-state index in [1.807, 2.05) is 6.92 Å². The van der Waals surface area contributed by atoms with Gasteiger partial charge >= 0.3 is 0 Å². The van der Waals surface area contributed by atoms with Crippen LogP contribution in [-0.4, -0.2) is 41.0 Å². The Bertz CT molecular complexity index is 247. The monoisotopic (exact) mass is 216 g/mol. The van der Waals surface area contributed by atoms with Crippen LogP contribution in [0.1, 0.15) is 19.8 Å². The van der Waals surface area contributed by atoms with Crippen LogP contribution in [0, 0.1) is 0 Å². The summed E-state index contributed by atoms with van der Waals surface area (Å²) in [6.45, 7) is 2.04. The number of fused-ring (bicyclic) bond motifs is 1.